The van der Waals surface area contributed by atoms with Crippen LogP contribution in [0.5, 0.6) is 5.75 Å². The minimum absolute atomic E-state index is 0.437. The van der Waals surface area contributed by atoms with Crippen LogP contribution in [0.1, 0.15) is 18.2 Å². The van der Waals surface area contributed by atoms with Crippen LogP contribution in [-0.2, 0) is 13.0 Å². The molecule has 0 radical (unpaired) electrons. The third-order valence-corrected chi connectivity index (χ3v) is 2.71. The van der Waals surface area contributed by atoms with Crippen molar-refractivity contribution in [1.82, 2.24) is 4.98 Å². The number of para-hydroxylation sites is 1. The number of aryl methyl sites for hydroxylation is 1. The van der Waals surface area contributed by atoms with E-state index in [0.29, 0.717) is 6.61 Å². The maximum absolute atomic E-state index is 5.78. The van der Waals surface area contributed by atoms with E-state index in [1.807, 2.05) is 30.3 Å². The van der Waals surface area contributed by atoms with E-state index in [0.717, 1.165) is 23.6 Å². The lowest BCUT2D eigenvalue weighted by atomic mass is 10.1. The molecule has 0 bridgehead atoms. The van der Waals surface area contributed by atoms with E-state index in [-0.39, 0.29) is 0 Å². The van der Waals surface area contributed by atoms with Crippen molar-refractivity contribution in [2.45, 2.75) is 20.0 Å². The first-order valence-electron chi connectivity index (χ1n) is 5.95. The number of nitrogens with zero attached hydrogens (tertiary/aromatic N) is 1. The van der Waals surface area contributed by atoms with Gasteiger partial charge in [0.25, 0.3) is 0 Å². The van der Waals surface area contributed by atoms with Crippen molar-refractivity contribution >= 4 is 5.69 Å². The molecule has 94 valence electrons. The number of ether oxygens (including phenoxy) is 1. The fraction of sp³-hybridized carbons (Fsp3) is 0.214. The number of benzene rings is 1. The summed E-state index contributed by atoms with van der Waals surface area (Å²) in [5, 5.41) is 0. The molecule has 0 atom stereocenters. The number of nitrogens with two attached hydrogens (primary N) is 1. The van der Waals surface area contributed by atoms with Crippen LogP contribution < -0.4 is 16.0 Å². The first kappa shape index (κ1) is 12.4. The predicted octanol–water partition coefficient (Wildman–Crippen LogP) is 2.51. The minimum atomic E-state index is 0.437. The van der Waals surface area contributed by atoms with Crippen LogP contribution >= 0.6 is 0 Å². The Morgan fingerprint density at radius 3 is 2.89 bits per heavy atom. The first-order valence-corrected chi connectivity index (χ1v) is 5.95. The Hall–Kier alpha value is -2.07. The highest BCUT2D eigenvalue weighted by Gasteiger charge is 2.02. The number of aromatic nitrogens is 1. The molecule has 0 saturated heterocycles. The standard InChI is InChI=1S/C14H17N3O/c1-2-11-5-3-4-6-14(11)18-10-13-9-12(17-15)7-8-16-13/h3-9H,2,10,15H2,1H3,(H,16,17). The maximum Gasteiger partial charge on any atom is 0.130 e. The van der Waals surface area contributed by atoms with E-state index in [2.05, 4.69) is 23.4 Å². The zero-order valence-corrected chi connectivity index (χ0v) is 10.4. The molecule has 0 amide bonds. The van der Waals surface area contributed by atoms with Crippen molar-refractivity contribution in [2.75, 3.05) is 5.43 Å². The monoisotopic (exact) mass is 243 g/mol. The molecule has 1 heterocycles. The van der Waals surface area contributed by atoms with Gasteiger partial charge in [0, 0.05) is 6.20 Å². The fourth-order valence-electron chi connectivity index (χ4n) is 1.74. The highest BCUT2D eigenvalue weighted by Crippen LogP contribution is 2.19. The van der Waals surface area contributed by atoms with E-state index in [1.165, 1.54) is 5.56 Å². The molecule has 0 aliphatic heterocycles. The molecule has 0 fully saturated rings. The van der Waals surface area contributed by atoms with E-state index >= 15 is 0 Å². The number of nitrogens with one attached hydrogen (secondary N) is 1. The summed E-state index contributed by atoms with van der Waals surface area (Å²) in [7, 11) is 0. The highest BCUT2D eigenvalue weighted by molar-refractivity contribution is 5.41. The minimum Gasteiger partial charge on any atom is -0.487 e. The third-order valence-electron chi connectivity index (χ3n) is 2.71. The van der Waals surface area contributed by atoms with Gasteiger partial charge in [0.05, 0.1) is 11.4 Å². The zero-order valence-electron chi connectivity index (χ0n) is 10.4. The summed E-state index contributed by atoms with van der Waals surface area (Å²) in [6.45, 7) is 2.55. The van der Waals surface area contributed by atoms with Crippen LogP contribution in [-0.4, -0.2) is 4.98 Å². The zero-order chi connectivity index (χ0) is 12.8. The summed E-state index contributed by atoms with van der Waals surface area (Å²) < 4.78 is 5.78. The second kappa shape index (κ2) is 6.02. The molecule has 4 nitrogen and oxygen atoms in total. The smallest absolute Gasteiger partial charge is 0.130 e. The average molecular weight is 243 g/mol. The van der Waals surface area contributed by atoms with Gasteiger partial charge in [-0.15, -0.1) is 0 Å². The Kier molecular flexibility index (Phi) is 4.15. The topological polar surface area (TPSA) is 60.2 Å². The molecule has 0 spiro atoms. The van der Waals surface area contributed by atoms with Crippen molar-refractivity contribution in [3.8, 4) is 5.75 Å². The lowest BCUT2D eigenvalue weighted by Gasteiger charge is -2.10. The largest absolute Gasteiger partial charge is 0.487 e. The average Bonchev–Trinajstić information content (AvgIpc) is 2.45. The second-order valence-corrected chi connectivity index (χ2v) is 3.93. The van der Waals surface area contributed by atoms with E-state index < -0.39 is 0 Å². The Morgan fingerprint density at radius 1 is 1.28 bits per heavy atom. The summed E-state index contributed by atoms with van der Waals surface area (Å²) >= 11 is 0. The number of hydrogen-bond donors (Lipinski definition) is 2. The Balaban J connectivity index is 2.06. The van der Waals surface area contributed by atoms with E-state index in [1.54, 1.807) is 6.20 Å². The molecule has 0 saturated carbocycles. The molecular weight excluding hydrogens is 226 g/mol. The molecule has 2 rings (SSSR count). The van der Waals surface area contributed by atoms with Gasteiger partial charge in [0.2, 0.25) is 0 Å². The van der Waals surface area contributed by atoms with Gasteiger partial charge in [0.1, 0.15) is 12.4 Å². The van der Waals surface area contributed by atoms with E-state index in [9.17, 15) is 0 Å². The van der Waals surface area contributed by atoms with Crippen LogP contribution in [0, 0.1) is 0 Å². The van der Waals surface area contributed by atoms with Crippen molar-refractivity contribution in [2.24, 2.45) is 5.84 Å². The number of nitrogen functional groups attached to an aromatic ring is 1. The number of pyridine rings is 1. The summed E-state index contributed by atoms with van der Waals surface area (Å²) in [6.07, 6.45) is 2.66. The number of hydrogen-bond acceptors (Lipinski definition) is 4. The Labute approximate surface area is 107 Å². The normalized spacial score (nSPS) is 10.1. The number of anilines is 1. The maximum atomic E-state index is 5.78. The lowest BCUT2D eigenvalue weighted by Crippen LogP contribution is -2.08. The van der Waals surface area contributed by atoms with Crippen LogP contribution in [0.2, 0.25) is 0 Å². The van der Waals surface area contributed by atoms with Crippen LogP contribution in [0.25, 0.3) is 0 Å². The van der Waals surface area contributed by atoms with Crippen molar-refractivity contribution in [1.29, 1.82) is 0 Å². The van der Waals surface area contributed by atoms with Gasteiger partial charge in [-0.3, -0.25) is 10.8 Å². The Morgan fingerprint density at radius 2 is 2.11 bits per heavy atom. The van der Waals surface area contributed by atoms with Gasteiger partial charge in [-0.1, -0.05) is 25.1 Å². The molecule has 3 N–H and O–H groups in total. The SMILES string of the molecule is CCc1ccccc1OCc1cc(NN)ccn1. The van der Waals surface area contributed by atoms with Crippen LogP contribution in [0.15, 0.2) is 42.6 Å². The molecular formula is C14H17N3O. The molecule has 18 heavy (non-hydrogen) atoms. The molecule has 2 aromatic rings. The molecule has 1 aromatic heterocycles. The molecule has 0 aliphatic rings. The fourth-order valence-corrected chi connectivity index (χ4v) is 1.74. The number of rotatable bonds is 5. The van der Waals surface area contributed by atoms with Gasteiger partial charge in [-0.05, 0) is 30.2 Å². The summed E-state index contributed by atoms with van der Waals surface area (Å²) in [5.41, 5.74) is 5.46. The summed E-state index contributed by atoms with van der Waals surface area (Å²) in [4.78, 5) is 4.24. The lowest BCUT2D eigenvalue weighted by molar-refractivity contribution is 0.298. The van der Waals surface area contributed by atoms with Crippen molar-refractivity contribution < 1.29 is 4.74 Å². The van der Waals surface area contributed by atoms with Crippen molar-refractivity contribution in [3.63, 3.8) is 0 Å². The van der Waals surface area contributed by atoms with Crippen molar-refractivity contribution in [3.05, 3.63) is 53.9 Å². The summed E-state index contributed by atoms with van der Waals surface area (Å²) in [5.74, 6) is 6.26. The second-order valence-electron chi connectivity index (χ2n) is 3.93. The third kappa shape index (κ3) is 2.99. The van der Waals surface area contributed by atoms with Gasteiger partial charge in [-0.2, -0.15) is 0 Å². The molecule has 0 aliphatic carbocycles. The molecule has 0 unspecified atom stereocenters. The first-order chi connectivity index (χ1) is 8.83. The van der Waals surface area contributed by atoms with Crippen LogP contribution in [0.3, 0.4) is 0 Å². The molecule has 1 aromatic carbocycles. The van der Waals surface area contributed by atoms with Gasteiger partial charge in [0.15, 0.2) is 0 Å². The van der Waals surface area contributed by atoms with Gasteiger partial charge >= 0.3 is 0 Å². The van der Waals surface area contributed by atoms with Crippen LogP contribution in [0.4, 0.5) is 5.69 Å². The predicted molar refractivity (Wildman–Crippen MR) is 72.2 cm³/mol. The summed E-state index contributed by atoms with van der Waals surface area (Å²) in [6, 6.07) is 11.7. The van der Waals surface area contributed by atoms with E-state index in [4.69, 9.17) is 10.6 Å². The Bertz CT molecular complexity index is 514. The number of hydrazine groups is 1. The molecule has 4 heteroatoms. The van der Waals surface area contributed by atoms with Gasteiger partial charge in [-0.25, -0.2) is 0 Å². The van der Waals surface area contributed by atoms with Gasteiger partial charge < -0.3 is 10.2 Å². The highest BCUT2D eigenvalue weighted by atomic mass is 16.5. The quantitative estimate of drug-likeness (QED) is 0.625.